The van der Waals surface area contributed by atoms with E-state index >= 15 is 0 Å². The Morgan fingerprint density at radius 3 is 2.46 bits per heavy atom. The molecule has 0 bridgehead atoms. The molecule has 0 heterocycles. The quantitative estimate of drug-likeness (QED) is 0.331. The molecule has 2 unspecified atom stereocenters. The monoisotopic (exact) mass is 403 g/mol. The summed E-state index contributed by atoms with van der Waals surface area (Å²) in [7, 11) is 4.37. The maximum absolute atomic E-state index is 11.6. The zero-order valence-electron chi connectivity index (χ0n) is 17.2. The molecule has 4 nitrogen and oxygen atoms in total. The number of nitrogen functional groups attached to an aromatic ring is 1. The highest BCUT2D eigenvalue weighted by Crippen LogP contribution is 2.11. The first kappa shape index (κ1) is 23.8. The van der Waals surface area contributed by atoms with Gasteiger partial charge in [-0.25, -0.2) is 9.38 Å². The molecule has 0 aromatic heterocycles. The van der Waals surface area contributed by atoms with E-state index in [1.54, 1.807) is 7.05 Å². The van der Waals surface area contributed by atoms with E-state index < -0.39 is 6.67 Å². The maximum Gasteiger partial charge on any atom is 0.153 e. The largest absolute Gasteiger partial charge is 0.491 e. The molecule has 2 rings (SSSR count). The minimum atomic E-state index is -0.437. The van der Waals surface area contributed by atoms with Gasteiger partial charge in [-0.1, -0.05) is 31.5 Å². The fourth-order valence-electron chi connectivity index (χ4n) is 2.07. The van der Waals surface area contributed by atoms with E-state index in [-0.39, 0.29) is 6.61 Å². The first-order chi connectivity index (χ1) is 13.4. The van der Waals surface area contributed by atoms with Gasteiger partial charge in [0, 0.05) is 24.5 Å². The van der Waals surface area contributed by atoms with Crippen molar-refractivity contribution in [1.29, 1.82) is 0 Å². The van der Waals surface area contributed by atoms with E-state index in [1.165, 1.54) is 5.56 Å². The molecular formula is C22H31FN3OP. The second-order valence-corrected chi connectivity index (χ2v) is 7.03. The summed E-state index contributed by atoms with van der Waals surface area (Å²) in [6, 6.07) is 13.4. The van der Waals surface area contributed by atoms with E-state index in [1.807, 2.05) is 55.6 Å². The van der Waals surface area contributed by atoms with Gasteiger partial charge in [-0.15, -0.1) is 9.24 Å². The zero-order chi connectivity index (χ0) is 20.9. The van der Waals surface area contributed by atoms with Crippen molar-refractivity contribution in [2.45, 2.75) is 27.2 Å². The van der Waals surface area contributed by atoms with Crippen LogP contribution in [0.4, 0.5) is 10.1 Å². The normalized spacial score (nSPS) is 12.4. The van der Waals surface area contributed by atoms with Crippen molar-refractivity contribution in [1.82, 2.24) is 0 Å². The molecular weight excluding hydrogens is 372 g/mol. The number of nitrogens with two attached hydrogens (primary N) is 1. The average Bonchev–Trinajstić information content (AvgIpc) is 2.70. The third kappa shape index (κ3) is 8.62. The van der Waals surface area contributed by atoms with Crippen LogP contribution < -0.4 is 15.8 Å². The highest BCUT2D eigenvalue weighted by Gasteiger charge is 2.03. The standard InChI is InChI=1S/C13H20N3P.C9H11FO/c1-4-9(2)8-16-13(15-3)10-5-6-11(14)12(17)7-10;1-8-2-4-9(5-3-8)11-7-6-10/h5-9H,4,14,17H2,1-3H3;2-5H,6-7H2,1H3. The maximum atomic E-state index is 11.6. The number of alkyl halides is 1. The minimum absolute atomic E-state index is 0.142. The molecule has 152 valence electrons. The highest BCUT2D eigenvalue weighted by atomic mass is 31.0. The molecule has 2 aromatic carbocycles. The summed E-state index contributed by atoms with van der Waals surface area (Å²) in [4.78, 5) is 8.63. The van der Waals surface area contributed by atoms with Crippen LogP contribution in [0.3, 0.4) is 0 Å². The summed E-state index contributed by atoms with van der Waals surface area (Å²) >= 11 is 0. The number of aryl methyl sites for hydroxylation is 1. The minimum Gasteiger partial charge on any atom is -0.491 e. The number of nitrogens with zero attached hydrogens (tertiary/aromatic N) is 2. The van der Waals surface area contributed by atoms with Gasteiger partial charge in [0.2, 0.25) is 0 Å². The molecule has 0 saturated heterocycles. The van der Waals surface area contributed by atoms with E-state index in [2.05, 4.69) is 33.1 Å². The molecule has 28 heavy (non-hydrogen) atoms. The van der Waals surface area contributed by atoms with Gasteiger partial charge in [-0.3, -0.25) is 4.99 Å². The summed E-state index contributed by atoms with van der Waals surface area (Å²) in [5, 5.41) is 0.974. The number of hydrogen-bond acceptors (Lipinski definition) is 3. The summed E-state index contributed by atoms with van der Waals surface area (Å²) in [5.74, 6) is 1.94. The second-order valence-electron chi connectivity index (χ2n) is 6.41. The number of benzene rings is 2. The van der Waals surface area contributed by atoms with Gasteiger partial charge in [0.05, 0.1) is 0 Å². The molecule has 0 aliphatic carbocycles. The van der Waals surface area contributed by atoms with Crippen LogP contribution in [0.2, 0.25) is 0 Å². The van der Waals surface area contributed by atoms with Gasteiger partial charge in [0.1, 0.15) is 19.0 Å². The summed E-state index contributed by atoms with van der Waals surface area (Å²) < 4.78 is 16.7. The lowest BCUT2D eigenvalue weighted by Crippen LogP contribution is -2.07. The van der Waals surface area contributed by atoms with Crippen LogP contribution in [0.5, 0.6) is 5.75 Å². The van der Waals surface area contributed by atoms with Crippen molar-refractivity contribution in [3.8, 4) is 5.75 Å². The summed E-state index contributed by atoms with van der Waals surface area (Å²) in [6.07, 6.45) is 3.03. The van der Waals surface area contributed by atoms with Crippen molar-refractivity contribution in [2.75, 3.05) is 26.1 Å². The van der Waals surface area contributed by atoms with Gasteiger partial charge < -0.3 is 10.5 Å². The molecule has 6 heteroatoms. The molecule has 0 fully saturated rings. The number of rotatable bonds is 6. The average molecular weight is 403 g/mol. The molecule has 0 radical (unpaired) electrons. The Morgan fingerprint density at radius 2 is 1.93 bits per heavy atom. The number of hydrogen-bond donors (Lipinski definition) is 1. The van der Waals surface area contributed by atoms with Gasteiger partial charge in [0.25, 0.3) is 0 Å². The smallest absolute Gasteiger partial charge is 0.153 e. The lowest BCUT2D eigenvalue weighted by molar-refractivity contribution is 0.273. The van der Waals surface area contributed by atoms with E-state index in [9.17, 15) is 4.39 Å². The molecule has 0 aliphatic heterocycles. The van der Waals surface area contributed by atoms with Crippen molar-refractivity contribution in [3.05, 3.63) is 53.6 Å². The van der Waals surface area contributed by atoms with Crippen molar-refractivity contribution >= 4 is 32.3 Å². The third-order valence-corrected chi connectivity index (χ3v) is 4.52. The zero-order valence-corrected chi connectivity index (χ0v) is 18.3. The van der Waals surface area contributed by atoms with Crippen molar-refractivity contribution in [3.63, 3.8) is 0 Å². The van der Waals surface area contributed by atoms with Crippen molar-refractivity contribution in [2.24, 2.45) is 15.9 Å². The highest BCUT2D eigenvalue weighted by molar-refractivity contribution is 7.28. The molecule has 2 atom stereocenters. The van der Waals surface area contributed by atoms with E-state index in [0.717, 1.165) is 34.6 Å². The first-order valence-corrected chi connectivity index (χ1v) is 9.90. The number of ether oxygens (including phenoxy) is 1. The second kappa shape index (κ2) is 13.0. The number of aliphatic imine (C=N–C) groups is 2. The molecule has 0 saturated carbocycles. The summed E-state index contributed by atoms with van der Waals surface area (Å²) in [5.41, 5.74) is 8.71. The first-order valence-electron chi connectivity index (χ1n) is 9.33. The number of amidine groups is 1. The third-order valence-electron chi connectivity index (χ3n) is 4.02. The van der Waals surface area contributed by atoms with Crippen LogP contribution in [0.25, 0.3) is 0 Å². The Labute approximate surface area is 170 Å². The van der Waals surface area contributed by atoms with Crippen LogP contribution in [0, 0.1) is 12.8 Å². The Kier molecular flexibility index (Phi) is 11.0. The topological polar surface area (TPSA) is 60.0 Å². The number of halogens is 1. The summed E-state index contributed by atoms with van der Waals surface area (Å²) in [6.45, 7) is 5.99. The van der Waals surface area contributed by atoms with E-state index in [4.69, 9.17) is 10.5 Å². The van der Waals surface area contributed by atoms with E-state index in [0.29, 0.717) is 5.92 Å². The van der Waals surface area contributed by atoms with Gasteiger partial charge in [-0.05, 0) is 54.9 Å². The predicted octanol–water partition coefficient (Wildman–Crippen LogP) is 4.61. The predicted molar refractivity (Wildman–Crippen MR) is 123 cm³/mol. The molecule has 2 N–H and O–H groups in total. The van der Waals surface area contributed by atoms with Crippen LogP contribution in [0.15, 0.2) is 52.4 Å². The molecule has 0 spiro atoms. The van der Waals surface area contributed by atoms with Crippen LogP contribution >= 0.6 is 9.24 Å². The molecule has 0 amide bonds. The van der Waals surface area contributed by atoms with Gasteiger partial charge >= 0.3 is 0 Å². The van der Waals surface area contributed by atoms with Gasteiger partial charge in [0.15, 0.2) is 5.84 Å². The molecule has 2 aromatic rings. The van der Waals surface area contributed by atoms with Gasteiger partial charge in [-0.2, -0.15) is 0 Å². The lowest BCUT2D eigenvalue weighted by atomic mass is 10.1. The Hall–Kier alpha value is -2.26. The molecule has 0 aliphatic rings. The lowest BCUT2D eigenvalue weighted by Gasteiger charge is -2.05. The fraction of sp³-hybridized carbons (Fsp3) is 0.364. The van der Waals surface area contributed by atoms with Crippen LogP contribution in [0.1, 0.15) is 31.4 Å². The fourth-order valence-corrected chi connectivity index (χ4v) is 2.35. The Bertz CT molecular complexity index is 776. The number of anilines is 1. The Balaban J connectivity index is 0.000000307. The van der Waals surface area contributed by atoms with Crippen LogP contribution in [-0.2, 0) is 0 Å². The van der Waals surface area contributed by atoms with Crippen LogP contribution in [-0.4, -0.2) is 32.4 Å². The van der Waals surface area contributed by atoms with Crippen molar-refractivity contribution < 1.29 is 9.13 Å². The SMILES string of the molecule is CCC(C)C=NC(=NC)c1ccc(N)c(P)c1.Cc1ccc(OCCF)cc1. The Morgan fingerprint density at radius 1 is 1.25 bits per heavy atom.